The first-order chi connectivity index (χ1) is 12.1. The minimum Gasteiger partial charge on any atom is -0.372 e. The first-order valence-corrected chi connectivity index (χ1v) is 9.55. The van der Waals surface area contributed by atoms with Crippen LogP contribution in [0.25, 0.3) is 10.2 Å². The molecule has 1 aliphatic rings. The number of hydrogen-bond acceptors (Lipinski definition) is 3. The number of benzene rings is 1. The molecular formula is C20H22N2O2S. The summed E-state index contributed by atoms with van der Waals surface area (Å²) in [5, 5.41) is 2.08. The molecule has 1 amide bonds. The molecule has 1 aromatic carbocycles. The van der Waals surface area contributed by atoms with Crippen LogP contribution < -0.4 is 0 Å². The summed E-state index contributed by atoms with van der Waals surface area (Å²) in [6, 6.07) is 14.4. The zero-order valence-corrected chi connectivity index (χ0v) is 15.3. The Hall–Kier alpha value is -2.11. The van der Waals surface area contributed by atoms with E-state index >= 15 is 0 Å². The highest BCUT2D eigenvalue weighted by atomic mass is 32.1. The van der Waals surface area contributed by atoms with Crippen molar-refractivity contribution < 1.29 is 9.53 Å². The Labute approximate surface area is 151 Å². The SMILES string of the molecule is CC1CN(C(=O)c2cc3sccc3n2Cc2ccccc2)CC(C)O1. The summed E-state index contributed by atoms with van der Waals surface area (Å²) < 4.78 is 9.08. The number of thiophene rings is 1. The summed E-state index contributed by atoms with van der Waals surface area (Å²) in [6.45, 7) is 6.05. The molecule has 4 rings (SSSR count). The molecule has 130 valence electrons. The van der Waals surface area contributed by atoms with Crippen molar-refractivity contribution in [3.63, 3.8) is 0 Å². The van der Waals surface area contributed by atoms with Gasteiger partial charge in [0.1, 0.15) is 5.69 Å². The van der Waals surface area contributed by atoms with Crippen LogP contribution >= 0.6 is 11.3 Å². The Kier molecular flexibility index (Phi) is 4.36. The Morgan fingerprint density at radius 2 is 1.88 bits per heavy atom. The van der Waals surface area contributed by atoms with E-state index in [0.29, 0.717) is 19.6 Å². The van der Waals surface area contributed by atoms with Crippen LogP contribution in [0, 0.1) is 0 Å². The highest BCUT2D eigenvalue weighted by molar-refractivity contribution is 7.17. The number of ether oxygens (including phenoxy) is 1. The van der Waals surface area contributed by atoms with E-state index in [-0.39, 0.29) is 18.1 Å². The van der Waals surface area contributed by atoms with Crippen LogP contribution in [-0.2, 0) is 11.3 Å². The smallest absolute Gasteiger partial charge is 0.270 e. The van der Waals surface area contributed by atoms with Crippen molar-refractivity contribution >= 4 is 27.5 Å². The molecule has 1 saturated heterocycles. The Morgan fingerprint density at radius 3 is 2.60 bits per heavy atom. The summed E-state index contributed by atoms with van der Waals surface area (Å²) in [7, 11) is 0. The molecule has 4 nitrogen and oxygen atoms in total. The van der Waals surface area contributed by atoms with E-state index in [1.165, 1.54) is 5.56 Å². The van der Waals surface area contributed by atoms with Gasteiger partial charge in [-0.3, -0.25) is 4.79 Å². The molecule has 3 aromatic rings. The van der Waals surface area contributed by atoms with Gasteiger partial charge >= 0.3 is 0 Å². The second-order valence-corrected chi connectivity index (χ2v) is 7.69. The quantitative estimate of drug-likeness (QED) is 0.712. The van der Waals surface area contributed by atoms with Crippen LogP contribution in [0.15, 0.2) is 47.8 Å². The van der Waals surface area contributed by atoms with Gasteiger partial charge in [-0.1, -0.05) is 30.3 Å². The van der Waals surface area contributed by atoms with Gasteiger partial charge in [0, 0.05) is 19.6 Å². The topological polar surface area (TPSA) is 34.5 Å². The fourth-order valence-electron chi connectivity index (χ4n) is 3.60. The molecule has 25 heavy (non-hydrogen) atoms. The molecule has 0 saturated carbocycles. The molecule has 0 spiro atoms. The molecule has 0 radical (unpaired) electrons. The predicted octanol–water partition coefficient (Wildman–Crippen LogP) is 4.00. The first kappa shape index (κ1) is 16.4. The van der Waals surface area contributed by atoms with E-state index in [2.05, 4.69) is 28.1 Å². The Balaban J connectivity index is 1.70. The number of amides is 1. The number of fused-ring (bicyclic) bond motifs is 1. The van der Waals surface area contributed by atoms with E-state index < -0.39 is 0 Å². The second kappa shape index (κ2) is 6.65. The van der Waals surface area contributed by atoms with E-state index in [0.717, 1.165) is 15.9 Å². The summed E-state index contributed by atoms with van der Waals surface area (Å²) in [5.41, 5.74) is 3.10. The van der Waals surface area contributed by atoms with Gasteiger partial charge in [-0.25, -0.2) is 0 Å². The highest BCUT2D eigenvalue weighted by Crippen LogP contribution is 2.27. The standard InChI is InChI=1S/C20H22N2O2S/c1-14-11-21(12-15(2)24-14)20(23)18-10-19-17(8-9-25-19)22(18)13-16-6-4-3-5-7-16/h3-10,14-15H,11-13H2,1-2H3. The molecule has 3 heterocycles. The third kappa shape index (κ3) is 3.22. The summed E-state index contributed by atoms with van der Waals surface area (Å²) in [6.07, 6.45) is 0.151. The number of nitrogens with zero attached hydrogens (tertiary/aromatic N) is 2. The van der Waals surface area contributed by atoms with Crippen molar-refractivity contribution in [2.75, 3.05) is 13.1 Å². The van der Waals surface area contributed by atoms with Gasteiger partial charge in [0.25, 0.3) is 5.91 Å². The third-order valence-corrected chi connectivity index (χ3v) is 5.49. The monoisotopic (exact) mass is 354 g/mol. The van der Waals surface area contributed by atoms with Crippen molar-refractivity contribution in [2.24, 2.45) is 0 Å². The largest absolute Gasteiger partial charge is 0.372 e. The number of aromatic nitrogens is 1. The lowest BCUT2D eigenvalue weighted by atomic mass is 10.2. The van der Waals surface area contributed by atoms with Crippen molar-refractivity contribution in [1.82, 2.24) is 9.47 Å². The van der Waals surface area contributed by atoms with Gasteiger partial charge in [-0.2, -0.15) is 0 Å². The van der Waals surface area contributed by atoms with Gasteiger partial charge < -0.3 is 14.2 Å². The highest BCUT2D eigenvalue weighted by Gasteiger charge is 2.29. The second-order valence-electron chi connectivity index (χ2n) is 6.74. The minimum absolute atomic E-state index is 0.0753. The number of carbonyl (C=O) groups excluding carboxylic acids is 1. The van der Waals surface area contributed by atoms with Gasteiger partial charge in [-0.05, 0) is 36.9 Å². The van der Waals surface area contributed by atoms with Crippen LogP contribution in [-0.4, -0.2) is 40.7 Å². The van der Waals surface area contributed by atoms with Gasteiger partial charge in [0.05, 0.1) is 22.4 Å². The van der Waals surface area contributed by atoms with Gasteiger partial charge in [-0.15, -0.1) is 11.3 Å². The molecule has 0 N–H and O–H groups in total. The minimum atomic E-state index is 0.0753. The maximum absolute atomic E-state index is 13.2. The number of morpholine rings is 1. The molecule has 1 fully saturated rings. The lowest BCUT2D eigenvalue weighted by molar-refractivity contribution is -0.0588. The Morgan fingerprint density at radius 1 is 1.16 bits per heavy atom. The maximum Gasteiger partial charge on any atom is 0.270 e. The van der Waals surface area contributed by atoms with Crippen LogP contribution in [0.5, 0.6) is 0 Å². The molecular weight excluding hydrogens is 332 g/mol. The molecule has 1 aliphatic heterocycles. The van der Waals surface area contributed by atoms with Crippen molar-refractivity contribution in [3.05, 3.63) is 59.1 Å². The lowest BCUT2D eigenvalue weighted by Gasteiger charge is -2.35. The molecule has 0 bridgehead atoms. The maximum atomic E-state index is 13.2. The molecule has 0 aliphatic carbocycles. The number of hydrogen-bond donors (Lipinski definition) is 0. The third-order valence-electron chi connectivity index (χ3n) is 4.63. The number of rotatable bonds is 3. The zero-order chi connectivity index (χ0) is 17.4. The summed E-state index contributed by atoms with van der Waals surface area (Å²) in [4.78, 5) is 15.2. The summed E-state index contributed by atoms with van der Waals surface area (Å²) >= 11 is 1.68. The molecule has 2 unspecified atom stereocenters. The molecule has 2 aromatic heterocycles. The first-order valence-electron chi connectivity index (χ1n) is 8.67. The molecule has 5 heteroatoms. The van der Waals surface area contributed by atoms with Crippen molar-refractivity contribution in [2.45, 2.75) is 32.6 Å². The van der Waals surface area contributed by atoms with Crippen LogP contribution in [0.3, 0.4) is 0 Å². The van der Waals surface area contributed by atoms with Gasteiger partial charge in [0.15, 0.2) is 0 Å². The van der Waals surface area contributed by atoms with Crippen LogP contribution in [0.4, 0.5) is 0 Å². The fourth-order valence-corrected chi connectivity index (χ4v) is 4.42. The fraction of sp³-hybridized carbons (Fsp3) is 0.350. The van der Waals surface area contributed by atoms with Gasteiger partial charge in [0.2, 0.25) is 0 Å². The Bertz CT molecular complexity index is 874. The van der Waals surface area contributed by atoms with Crippen LogP contribution in [0.1, 0.15) is 29.9 Å². The van der Waals surface area contributed by atoms with Crippen LogP contribution in [0.2, 0.25) is 0 Å². The van der Waals surface area contributed by atoms with Crippen molar-refractivity contribution in [3.8, 4) is 0 Å². The zero-order valence-electron chi connectivity index (χ0n) is 14.5. The average molecular weight is 354 g/mol. The van der Waals surface area contributed by atoms with E-state index in [1.54, 1.807) is 11.3 Å². The molecule has 2 atom stereocenters. The summed E-state index contributed by atoms with van der Waals surface area (Å²) in [5.74, 6) is 0.0985. The van der Waals surface area contributed by atoms with Crippen molar-refractivity contribution in [1.29, 1.82) is 0 Å². The predicted molar refractivity (Wildman–Crippen MR) is 101 cm³/mol. The lowest BCUT2D eigenvalue weighted by Crippen LogP contribution is -2.48. The van der Waals surface area contributed by atoms with E-state index in [9.17, 15) is 4.79 Å². The normalized spacial score (nSPS) is 21.0. The number of carbonyl (C=O) groups is 1. The van der Waals surface area contributed by atoms with E-state index in [4.69, 9.17) is 4.74 Å². The average Bonchev–Trinajstić information content (AvgIpc) is 3.17. The van der Waals surface area contributed by atoms with E-state index in [1.807, 2.05) is 43.0 Å².